The van der Waals surface area contributed by atoms with Crippen molar-refractivity contribution in [2.75, 3.05) is 46.5 Å². The molecule has 0 saturated carbocycles. The molecule has 2 aliphatic rings. The number of rotatable bonds is 6. The number of piperidine rings is 2. The molecule has 0 unspecified atom stereocenters. The summed E-state index contributed by atoms with van der Waals surface area (Å²) < 4.78 is 14.2. The van der Waals surface area contributed by atoms with Gasteiger partial charge in [-0.05, 0) is 44.7 Å². The maximum Gasteiger partial charge on any atom is 0.409 e. The van der Waals surface area contributed by atoms with Crippen LogP contribution in [0.3, 0.4) is 0 Å². The van der Waals surface area contributed by atoms with Crippen LogP contribution in [-0.2, 0) is 16.0 Å². The maximum atomic E-state index is 13.3. The average Bonchev–Trinajstić information content (AvgIpc) is 3.10. The van der Waals surface area contributed by atoms with E-state index in [-0.39, 0.29) is 17.8 Å². The van der Waals surface area contributed by atoms with Gasteiger partial charge < -0.3 is 19.3 Å². The highest BCUT2D eigenvalue weighted by Gasteiger charge is 2.31. The molecule has 1 amide bonds. The van der Waals surface area contributed by atoms with Gasteiger partial charge in [-0.25, -0.2) is 9.59 Å². The summed E-state index contributed by atoms with van der Waals surface area (Å²) in [6, 6.07) is 8.82. The summed E-state index contributed by atoms with van der Waals surface area (Å²) in [4.78, 5) is 29.4. The summed E-state index contributed by atoms with van der Waals surface area (Å²) in [5.74, 6) is 0. The number of benzene rings is 1. The number of carbonyl (C=O) groups is 1. The van der Waals surface area contributed by atoms with E-state index in [2.05, 4.69) is 11.0 Å². The van der Waals surface area contributed by atoms with Crippen LogP contribution in [0.1, 0.15) is 38.6 Å². The van der Waals surface area contributed by atoms with E-state index in [1.54, 1.807) is 4.90 Å². The van der Waals surface area contributed by atoms with Crippen LogP contribution >= 0.6 is 0 Å². The second-order valence-electron chi connectivity index (χ2n) is 8.45. The fourth-order valence-corrected chi connectivity index (χ4v) is 5.15. The Kier molecular flexibility index (Phi) is 6.97. The number of hydrogen-bond acceptors (Lipinski definition) is 5. The second kappa shape index (κ2) is 9.87. The normalized spacial score (nSPS) is 19.2. The standard InChI is InChI=1S/C23H34N4O4/c1-3-31-17-16-26-20-6-4-5-7-21(20)27(22(26)28)19-10-12-24(13-11-19)18-8-14-25(15-9-18)23(29)30-2/h4-7,18-19H,3,8-17H2,1-2H3. The van der Waals surface area contributed by atoms with Crippen molar-refractivity contribution >= 4 is 17.1 Å². The first kappa shape index (κ1) is 21.9. The molecule has 1 aromatic carbocycles. The van der Waals surface area contributed by atoms with E-state index < -0.39 is 0 Å². The Labute approximate surface area is 183 Å². The van der Waals surface area contributed by atoms with E-state index in [1.165, 1.54) is 7.11 Å². The summed E-state index contributed by atoms with van der Waals surface area (Å²) in [7, 11) is 1.44. The smallest absolute Gasteiger partial charge is 0.409 e. The predicted octanol–water partition coefficient (Wildman–Crippen LogP) is 2.71. The zero-order valence-electron chi connectivity index (χ0n) is 18.7. The van der Waals surface area contributed by atoms with Crippen molar-refractivity contribution in [1.29, 1.82) is 0 Å². The molecule has 8 nitrogen and oxygen atoms in total. The number of carbonyl (C=O) groups excluding carboxylic acids is 1. The highest BCUT2D eigenvalue weighted by Crippen LogP contribution is 2.29. The Bertz CT molecular complexity index is 937. The van der Waals surface area contributed by atoms with Crippen molar-refractivity contribution in [1.82, 2.24) is 18.9 Å². The molecule has 0 aliphatic carbocycles. The molecule has 0 radical (unpaired) electrons. The lowest BCUT2D eigenvalue weighted by Crippen LogP contribution is -2.49. The van der Waals surface area contributed by atoms with Crippen molar-refractivity contribution in [2.45, 2.75) is 51.2 Å². The van der Waals surface area contributed by atoms with Crippen molar-refractivity contribution in [3.05, 3.63) is 34.7 Å². The molecule has 0 spiro atoms. The first-order chi connectivity index (χ1) is 15.1. The van der Waals surface area contributed by atoms with Crippen LogP contribution in [0.5, 0.6) is 0 Å². The molecule has 0 N–H and O–H groups in total. The highest BCUT2D eigenvalue weighted by atomic mass is 16.5. The third kappa shape index (κ3) is 4.50. The minimum absolute atomic E-state index is 0.0748. The van der Waals surface area contributed by atoms with Crippen molar-refractivity contribution in [3.63, 3.8) is 0 Å². The topological polar surface area (TPSA) is 68.9 Å². The monoisotopic (exact) mass is 430 g/mol. The molecular weight excluding hydrogens is 396 g/mol. The number of methoxy groups -OCH3 is 1. The summed E-state index contributed by atoms with van der Waals surface area (Å²) >= 11 is 0. The summed E-state index contributed by atoms with van der Waals surface area (Å²) in [5.41, 5.74) is 2.09. The lowest BCUT2D eigenvalue weighted by molar-refractivity contribution is 0.0685. The Balaban J connectivity index is 1.43. The van der Waals surface area contributed by atoms with Crippen LogP contribution in [-0.4, -0.2) is 77.6 Å². The van der Waals surface area contributed by atoms with Gasteiger partial charge in [0.2, 0.25) is 0 Å². The number of likely N-dealkylation sites (tertiary alicyclic amines) is 2. The van der Waals surface area contributed by atoms with Gasteiger partial charge in [-0.3, -0.25) is 9.13 Å². The van der Waals surface area contributed by atoms with Gasteiger partial charge in [-0.2, -0.15) is 0 Å². The van der Waals surface area contributed by atoms with Crippen LogP contribution in [0.15, 0.2) is 29.1 Å². The van der Waals surface area contributed by atoms with Crippen LogP contribution in [0.2, 0.25) is 0 Å². The number of aromatic nitrogens is 2. The van der Waals surface area contributed by atoms with Crippen molar-refractivity contribution in [2.24, 2.45) is 0 Å². The second-order valence-corrected chi connectivity index (χ2v) is 8.45. The Morgan fingerprint density at radius 2 is 1.65 bits per heavy atom. The van der Waals surface area contributed by atoms with Crippen LogP contribution in [0.4, 0.5) is 4.79 Å². The molecule has 4 rings (SSSR count). The zero-order chi connectivity index (χ0) is 21.8. The molecular formula is C23H34N4O4. The zero-order valence-corrected chi connectivity index (χ0v) is 18.7. The number of hydrogen-bond donors (Lipinski definition) is 0. The molecule has 3 heterocycles. The van der Waals surface area contributed by atoms with Gasteiger partial charge in [0.15, 0.2) is 0 Å². The number of nitrogens with zero attached hydrogens (tertiary/aromatic N) is 4. The molecule has 31 heavy (non-hydrogen) atoms. The average molecular weight is 431 g/mol. The first-order valence-electron chi connectivity index (χ1n) is 11.5. The molecule has 2 fully saturated rings. The fraction of sp³-hybridized carbons (Fsp3) is 0.652. The van der Waals surface area contributed by atoms with Gasteiger partial charge >= 0.3 is 11.8 Å². The van der Waals surface area contributed by atoms with E-state index in [0.29, 0.717) is 25.8 Å². The minimum Gasteiger partial charge on any atom is -0.453 e. The van der Waals surface area contributed by atoms with Gasteiger partial charge in [0.1, 0.15) is 0 Å². The molecule has 170 valence electrons. The quantitative estimate of drug-likeness (QED) is 0.659. The fourth-order valence-electron chi connectivity index (χ4n) is 5.15. The third-order valence-corrected chi connectivity index (χ3v) is 6.81. The van der Waals surface area contributed by atoms with Crippen LogP contribution in [0, 0.1) is 0 Å². The molecule has 0 atom stereocenters. The minimum atomic E-state index is -0.225. The molecule has 2 aliphatic heterocycles. The number of amides is 1. The Morgan fingerprint density at radius 1 is 1.00 bits per heavy atom. The first-order valence-corrected chi connectivity index (χ1v) is 11.5. The third-order valence-electron chi connectivity index (χ3n) is 6.81. The van der Waals surface area contributed by atoms with Gasteiger partial charge in [0, 0.05) is 44.9 Å². The highest BCUT2D eigenvalue weighted by molar-refractivity contribution is 5.76. The largest absolute Gasteiger partial charge is 0.453 e. The molecule has 2 saturated heterocycles. The number of ether oxygens (including phenoxy) is 2. The van der Waals surface area contributed by atoms with Crippen molar-refractivity contribution in [3.8, 4) is 0 Å². The molecule has 2 aromatic rings. The summed E-state index contributed by atoms with van der Waals surface area (Å²) in [6.07, 6.45) is 3.68. The summed E-state index contributed by atoms with van der Waals surface area (Å²) in [5, 5.41) is 0. The van der Waals surface area contributed by atoms with Gasteiger partial charge in [0.05, 0.1) is 31.3 Å². The van der Waals surface area contributed by atoms with E-state index in [1.807, 2.05) is 34.3 Å². The lowest BCUT2D eigenvalue weighted by atomic mass is 9.97. The van der Waals surface area contributed by atoms with E-state index in [0.717, 1.165) is 62.9 Å². The number of para-hydroxylation sites is 2. The van der Waals surface area contributed by atoms with Crippen molar-refractivity contribution < 1.29 is 14.3 Å². The van der Waals surface area contributed by atoms with Gasteiger partial charge in [0.25, 0.3) is 0 Å². The van der Waals surface area contributed by atoms with E-state index >= 15 is 0 Å². The molecule has 0 bridgehead atoms. The Morgan fingerprint density at radius 3 is 2.29 bits per heavy atom. The Hall–Kier alpha value is -2.32. The number of imidazole rings is 1. The lowest BCUT2D eigenvalue weighted by Gasteiger charge is -2.41. The van der Waals surface area contributed by atoms with Crippen LogP contribution < -0.4 is 5.69 Å². The van der Waals surface area contributed by atoms with E-state index in [9.17, 15) is 9.59 Å². The number of fused-ring (bicyclic) bond motifs is 1. The van der Waals surface area contributed by atoms with Gasteiger partial charge in [-0.15, -0.1) is 0 Å². The SMILES string of the molecule is CCOCCn1c(=O)n(C2CCN(C3CCN(C(=O)OC)CC3)CC2)c2ccccc21. The van der Waals surface area contributed by atoms with E-state index in [4.69, 9.17) is 9.47 Å². The van der Waals surface area contributed by atoms with Gasteiger partial charge in [-0.1, -0.05) is 12.1 Å². The predicted molar refractivity (Wildman–Crippen MR) is 120 cm³/mol. The van der Waals surface area contributed by atoms with Crippen LogP contribution in [0.25, 0.3) is 11.0 Å². The maximum absolute atomic E-state index is 13.3. The molecule has 8 heteroatoms. The molecule has 1 aromatic heterocycles. The summed E-state index contributed by atoms with van der Waals surface area (Å²) in [6.45, 7) is 7.24.